The highest BCUT2D eigenvalue weighted by molar-refractivity contribution is 5.68. The van der Waals surface area contributed by atoms with Crippen LogP contribution < -0.4 is 5.73 Å². The second-order valence-corrected chi connectivity index (χ2v) is 10.3. The zero-order valence-electron chi connectivity index (χ0n) is 21.6. The number of allylic oxidation sites excluding steroid dienone is 6. The molecule has 2 N–H and O–H groups in total. The monoisotopic (exact) mass is 459 g/mol. The predicted molar refractivity (Wildman–Crippen MR) is 152 cm³/mol. The summed E-state index contributed by atoms with van der Waals surface area (Å²) in [6.45, 7) is 12.4. The molecule has 3 aromatic carbocycles. The van der Waals surface area contributed by atoms with Crippen LogP contribution in [-0.4, -0.2) is 0 Å². The van der Waals surface area contributed by atoms with Crippen molar-refractivity contribution in [1.82, 2.24) is 0 Å². The maximum absolute atomic E-state index is 6.49. The van der Waals surface area contributed by atoms with E-state index in [1.165, 1.54) is 55.7 Å². The SMILES string of the molecule is C=C/C(C)=C1/Cc2cc(-c3ccccc3)cc(C(C)(C)N)c2C1.CC1=CC=Cc2ccccc2C1. The molecule has 0 atom stereocenters. The Labute approximate surface area is 211 Å². The fourth-order valence-corrected chi connectivity index (χ4v) is 4.93. The Morgan fingerprint density at radius 2 is 1.60 bits per heavy atom. The first kappa shape index (κ1) is 24.7. The molecule has 0 aromatic heterocycles. The van der Waals surface area contributed by atoms with E-state index >= 15 is 0 Å². The normalized spacial score (nSPS) is 15.7. The second kappa shape index (κ2) is 10.5. The molecule has 178 valence electrons. The summed E-state index contributed by atoms with van der Waals surface area (Å²) in [6.07, 6.45) is 11.5. The maximum atomic E-state index is 6.49. The van der Waals surface area contributed by atoms with Crippen LogP contribution in [0.25, 0.3) is 17.2 Å². The molecule has 1 nitrogen and oxygen atoms in total. The third kappa shape index (κ3) is 5.81. The molecule has 0 radical (unpaired) electrons. The molecule has 0 fully saturated rings. The third-order valence-electron chi connectivity index (χ3n) is 6.98. The van der Waals surface area contributed by atoms with Gasteiger partial charge in [-0.25, -0.2) is 0 Å². The van der Waals surface area contributed by atoms with Crippen molar-refractivity contribution in [3.63, 3.8) is 0 Å². The van der Waals surface area contributed by atoms with Crippen molar-refractivity contribution in [3.8, 4) is 11.1 Å². The van der Waals surface area contributed by atoms with Crippen LogP contribution in [0, 0.1) is 0 Å². The van der Waals surface area contributed by atoms with Gasteiger partial charge in [0.25, 0.3) is 0 Å². The van der Waals surface area contributed by atoms with Crippen LogP contribution in [0.2, 0.25) is 0 Å². The maximum Gasteiger partial charge on any atom is 0.0355 e. The highest BCUT2D eigenvalue weighted by Crippen LogP contribution is 2.38. The fraction of sp³-hybridized carbons (Fsp3) is 0.235. The van der Waals surface area contributed by atoms with Crippen molar-refractivity contribution in [2.75, 3.05) is 0 Å². The number of benzene rings is 3. The summed E-state index contributed by atoms with van der Waals surface area (Å²) in [5, 5.41) is 0. The number of hydrogen-bond donors (Lipinski definition) is 1. The van der Waals surface area contributed by atoms with Gasteiger partial charge in [0.05, 0.1) is 0 Å². The highest BCUT2D eigenvalue weighted by Gasteiger charge is 2.27. The molecular formula is C34H37N. The lowest BCUT2D eigenvalue weighted by molar-refractivity contribution is 0.550. The summed E-state index contributed by atoms with van der Waals surface area (Å²) in [4.78, 5) is 0. The van der Waals surface area contributed by atoms with Crippen molar-refractivity contribution in [1.29, 1.82) is 0 Å². The van der Waals surface area contributed by atoms with Crippen LogP contribution in [0.5, 0.6) is 0 Å². The Kier molecular flexibility index (Phi) is 7.38. The van der Waals surface area contributed by atoms with Gasteiger partial charge in [-0.05, 0) is 92.0 Å². The van der Waals surface area contributed by atoms with E-state index in [0.29, 0.717) is 0 Å². The summed E-state index contributed by atoms with van der Waals surface area (Å²) in [5.41, 5.74) is 19.7. The van der Waals surface area contributed by atoms with Gasteiger partial charge in [0.15, 0.2) is 0 Å². The van der Waals surface area contributed by atoms with Crippen LogP contribution in [0.4, 0.5) is 0 Å². The second-order valence-electron chi connectivity index (χ2n) is 10.3. The van der Waals surface area contributed by atoms with Crippen molar-refractivity contribution in [2.45, 2.75) is 52.5 Å². The van der Waals surface area contributed by atoms with Gasteiger partial charge in [0, 0.05) is 5.54 Å². The van der Waals surface area contributed by atoms with Crippen LogP contribution in [-0.2, 0) is 24.8 Å². The molecule has 0 amide bonds. The predicted octanol–water partition coefficient (Wildman–Crippen LogP) is 8.35. The third-order valence-corrected chi connectivity index (χ3v) is 6.98. The van der Waals surface area contributed by atoms with E-state index in [-0.39, 0.29) is 5.54 Å². The molecule has 2 aliphatic rings. The van der Waals surface area contributed by atoms with Gasteiger partial charge < -0.3 is 5.73 Å². The zero-order chi connectivity index (χ0) is 25.0. The lowest BCUT2D eigenvalue weighted by Crippen LogP contribution is -2.30. The average molecular weight is 460 g/mol. The first-order valence-electron chi connectivity index (χ1n) is 12.5. The molecule has 0 aliphatic heterocycles. The molecule has 3 aromatic rings. The summed E-state index contributed by atoms with van der Waals surface area (Å²) in [7, 11) is 0. The molecule has 2 aliphatic carbocycles. The average Bonchev–Trinajstić information content (AvgIpc) is 3.19. The minimum Gasteiger partial charge on any atom is -0.322 e. The minimum atomic E-state index is -0.341. The number of hydrogen-bond acceptors (Lipinski definition) is 1. The summed E-state index contributed by atoms with van der Waals surface area (Å²) in [6, 6.07) is 23.7. The molecular weight excluding hydrogens is 422 g/mol. The number of fused-ring (bicyclic) bond motifs is 2. The molecule has 35 heavy (non-hydrogen) atoms. The minimum absolute atomic E-state index is 0.341. The summed E-state index contributed by atoms with van der Waals surface area (Å²) < 4.78 is 0. The van der Waals surface area contributed by atoms with Crippen molar-refractivity contribution < 1.29 is 0 Å². The quantitative estimate of drug-likeness (QED) is 0.418. The van der Waals surface area contributed by atoms with E-state index < -0.39 is 0 Å². The van der Waals surface area contributed by atoms with Crippen molar-refractivity contribution in [2.24, 2.45) is 5.73 Å². The van der Waals surface area contributed by atoms with Gasteiger partial charge in [-0.15, -0.1) is 0 Å². The Morgan fingerprint density at radius 1 is 0.886 bits per heavy atom. The molecule has 0 saturated heterocycles. The molecule has 0 heterocycles. The van der Waals surface area contributed by atoms with E-state index in [1.54, 1.807) is 0 Å². The lowest BCUT2D eigenvalue weighted by atomic mass is 9.86. The number of rotatable bonds is 3. The van der Waals surface area contributed by atoms with Gasteiger partial charge in [0.2, 0.25) is 0 Å². The Balaban J connectivity index is 0.000000201. The van der Waals surface area contributed by atoms with E-state index in [4.69, 9.17) is 5.73 Å². The molecule has 5 rings (SSSR count). The smallest absolute Gasteiger partial charge is 0.0355 e. The van der Waals surface area contributed by atoms with Crippen LogP contribution in [0.3, 0.4) is 0 Å². The van der Waals surface area contributed by atoms with E-state index in [9.17, 15) is 0 Å². The largest absolute Gasteiger partial charge is 0.322 e. The Bertz CT molecular complexity index is 1310. The topological polar surface area (TPSA) is 26.0 Å². The number of nitrogens with two attached hydrogens (primary N) is 1. The first-order valence-corrected chi connectivity index (χ1v) is 12.5. The van der Waals surface area contributed by atoms with Gasteiger partial charge in [0.1, 0.15) is 0 Å². The van der Waals surface area contributed by atoms with Gasteiger partial charge in [-0.2, -0.15) is 0 Å². The Morgan fingerprint density at radius 3 is 2.31 bits per heavy atom. The lowest BCUT2D eigenvalue weighted by Gasteiger charge is -2.24. The Hall–Kier alpha value is -3.42. The van der Waals surface area contributed by atoms with Crippen LogP contribution >= 0.6 is 0 Å². The van der Waals surface area contributed by atoms with Crippen molar-refractivity contribution in [3.05, 3.63) is 136 Å². The van der Waals surface area contributed by atoms with E-state index in [1.807, 2.05) is 6.08 Å². The van der Waals surface area contributed by atoms with Crippen molar-refractivity contribution >= 4 is 6.08 Å². The molecule has 0 saturated carbocycles. The summed E-state index contributed by atoms with van der Waals surface area (Å²) in [5.74, 6) is 0. The molecule has 0 spiro atoms. The molecule has 0 unspecified atom stereocenters. The molecule has 1 heteroatoms. The van der Waals surface area contributed by atoms with E-state index in [0.717, 1.165) is 19.3 Å². The standard InChI is InChI=1S/C22H25N.C12H12/c1-5-15(2)17-11-19-12-18(16-9-7-6-8-10-16)14-21(20(19)13-17)22(3,4)23;1-10-5-4-8-11-6-2-3-7-12(11)9-10/h5-10,12,14H,1,11,13,23H2,2-4H3;2-8H,9H2,1H3/b17-15-;. The molecule has 0 bridgehead atoms. The fourth-order valence-electron chi connectivity index (χ4n) is 4.93. The van der Waals surface area contributed by atoms with Gasteiger partial charge in [-0.3, -0.25) is 0 Å². The van der Waals surface area contributed by atoms with Crippen LogP contribution in [0.15, 0.2) is 108 Å². The first-order chi connectivity index (χ1) is 16.8. The highest BCUT2D eigenvalue weighted by atomic mass is 14.7. The van der Waals surface area contributed by atoms with Gasteiger partial charge in [-0.1, -0.05) is 108 Å². The summed E-state index contributed by atoms with van der Waals surface area (Å²) >= 11 is 0. The van der Waals surface area contributed by atoms with E-state index in [2.05, 4.69) is 119 Å². The van der Waals surface area contributed by atoms with Crippen LogP contribution in [0.1, 0.15) is 55.5 Å². The van der Waals surface area contributed by atoms with Gasteiger partial charge >= 0.3 is 0 Å². The zero-order valence-corrected chi connectivity index (χ0v) is 21.6.